The maximum absolute atomic E-state index is 11.1. The van der Waals surface area contributed by atoms with E-state index in [9.17, 15) is 4.79 Å². The van der Waals surface area contributed by atoms with E-state index in [0.717, 1.165) is 11.3 Å². The minimum absolute atomic E-state index is 0.117. The molecule has 0 saturated heterocycles. The maximum Gasteiger partial charge on any atom is 0.335 e. The lowest BCUT2D eigenvalue weighted by Gasteiger charge is -2.38. The summed E-state index contributed by atoms with van der Waals surface area (Å²) in [5, 5.41) is 10.6. The molecule has 1 aromatic rings. The molecule has 0 amide bonds. The van der Waals surface area contributed by atoms with E-state index in [-0.39, 0.29) is 7.92 Å². The van der Waals surface area contributed by atoms with Crippen LogP contribution in [0, 0.1) is 0 Å². The first-order valence-electron chi connectivity index (χ1n) is 8.87. The second-order valence-electron chi connectivity index (χ2n) is 6.84. The summed E-state index contributed by atoms with van der Waals surface area (Å²) in [6, 6.07) is 7.88. The van der Waals surface area contributed by atoms with E-state index < -0.39 is 5.97 Å². The Labute approximate surface area is 135 Å². The van der Waals surface area contributed by atoms with Gasteiger partial charge in [-0.1, -0.05) is 58.6 Å². The molecule has 2 nitrogen and oxygen atoms in total. The number of benzene rings is 1. The fourth-order valence-electron chi connectivity index (χ4n) is 4.21. The SMILES string of the molecule is O=C(O)c1ccc(P(C2CCCCC2)C2CCCCC2)cc1. The van der Waals surface area contributed by atoms with Gasteiger partial charge in [-0.3, -0.25) is 0 Å². The van der Waals surface area contributed by atoms with Crippen LogP contribution in [0.2, 0.25) is 0 Å². The summed E-state index contributed by atoms with van der Waals surface area (Å²) in [6.45, 7) is 0. The van der Waals surface area contributed by atoms with Crippen LogP contribution in [0.3, 0.4) is 0 Å². The van der Waals surface area contributed by atoms with Crippen molar-refractivity contribution in [2.24, 2.45) is 0 Å². The number of carboxylic acids is 1. The van der Waals surface area contributed by atoms with Crippen molar-refractivity contribution in [3.05, 3.63) is 29.8 Å². The van der Waals surface area contributed by atoms with Gasteiger partial charge < -0.3 is 5.11 Å². The average Bonchev–Trinajstić information content (AvgIpc) is 2.57. The van der Waals surface area contributed by atoms with Crippen LogP contribution in [-0.2, 0) is 0 Å². The van der Waals surface area contributed by atoms with Gasteiger partial charge in [-0.25, -0.2) is 4.79 Å². The van der Waals surface area contributed by atoms with E-state index in [0.29, 0.717) is 5.56 Å². The number of carboxylic acid groups (broad SMARTS) is 1. The summed E-state index contributed by atoms with van der Waals surface area (Å²) < 4.78 is 0. The van der Waals surface area contributed by atoms with Crippen LogP contribution in [0.5, 0.6) is 0 Å². The van der Waals surface area contributed by atoms with Crippen molar-refractivity contribution in [3.8, 4) is 0 Å². The standard InChI is InChI=1S/C19H27O2P/c20-19(21)15-11-13-18(14-12-15)22(16-7-3-1-4-8-16)17-9-5-2-6-10-17/h11-14,16-17H,1-10H2,(H,20,21). The van der Waals surface area contributed by atoms with Crippen molar-refractivity contribution < 1.29 is 9.90 Å². The number of carbonyl (C=O) groups is 1. The third-order valence-electron chi connectivity index (χ3n) is 5.35. The van der Waals surface area contributed by atoms with Gasteiger partial charge in [0, 0.05) is 0 Å². The third kappa shape index (κ3) is 3.71. The van der Waals surface area contributed by atoms with Crippen molar-refractivity contribution in [2.45, 2.75) is 75.5 Å². The summed E-state index contributed by atoms with van der Waals surface area (Å²) in [5.41, 5.74) is 2.18. The zero-order chi connectivity index (χ0) is 15.4. The van der Waals surface area contributed by atoms with E-state index in [1.54, 1.807) is 0 Å². The molecule has 2 saturated carbocycles. The van der Waals surface area contributed by atoms with Crippen molar-refractivity contribution in [3.63, 3.8) is 0 Å². The molecule has 0 unspecified atom stereocenters. The Kier molecular flexibility index (Phi) is 5.52. The van der Waals surface area contributed by atoms with Gasteiger partial charge in [-0.2, -0.15) is 0 Å². The minimum atomic E-state index is -0.814. The predicted molar refractivity (Wildman–Crippen MR) is 93.7 cm³/mol. The molecule has 0 aliphatic heterocycles. The van der Waals surface area contributed by atoms with E-state index in [1.165, 1.54) is 69.5 Å². The highest BCUT2D eigenvalue weighted by Gasteiger charge is 2.32. The van der Waals surface area contributed by atoms with Crippen LogP contribution < -0.4 is 5.30 Å². The van der Waals surface area contributed by atoms with Crippen LogP contribution >= 0.6 is 7.92 Å². The van der Waals surface area contributed by atoms with Gasteiger partial charge >= 0.3 is 5.97 Å². The molecule has 1 aromatic carbocycles. The number of aromatic carboxylic acids is 1. The summed E-state index contributed by atoms with van der Waals surface area (Å²) in [6.07, 6.45) is 13.9. The topological polar surface area (TPSA) is 37.3 Å². The zero-order valence-electron chi connectivity index (χ0n) is 13.3. The largest absolute Gasteiger partial charge is 0.478 e. The molecule has 0 atom stereocenters. The first-order chi connectivity index (χ1) is 10.8. The van der Waals surface area contributed by atoms with Crippen LogP contribution in [0.4, 0.5) is 0 Å². The quantitative estimate of drug-likeness (QED) is 0.779. The van der Waals surface area contributed by atoms with Gasteiger partial charge in [0.15, 0.2) is 0 Å². The third-order valence-corrected chi connectivity index (χ3v) is 8.85. The molecule has 0 aromatic heterocycles. The van der Waals surface area contributed by atoms with Crippen LogP contribution in [0.1, 0.15) is 74.6 Å². The van der Waals surface area contributed by atoms with Crippen LogP contribution in [0.15, 0.2) is 24.3 Å². The first-order valence-corrected chi connectivity index (χ1v) is 10.4. The Hall–Kier alpha value is -0.880. The van der Waals surface area contributed by atoms with Crippen molar-refractivity contribution >= 4 is 19.2 Å². The summed E-state index contributed by atoms with van der Waals surface area (Å²) >= 11 is 0. The van der Waals surface area contributed by atoms with E-state index in [4.69, 9.17) is 5.11 Å². The van der Waals surface area contributed by atoms with Gasteiger partial charge in [0.2, 0.25) is 0 Å². The van der Waals surface area contributed by atoms with E-state index in [1.807, 2.05) is 12.1 Å². The molecule has 1 N–H and O–H groups in total. The molecule has 0 spiro atoms. The monoisotopic (exact) mass is 318 g/mol. The van der Waals surface area contributed by atoms with Gasteiger partial charge in [0.25, 0.3) is 0 Å². The molecular weight excluding hydrogens is 291 g/mol. The molecule has 0 radical (unpaired) electrons. The molecule has 22 heavy (non-hydrogen) atoms. The molecule has 3 rings (SSSR count). The number of rotatable bonds is 4. The fraction of sp³-hybridized carbons (Fsp3) is 0.632. The molecule has 120 valence electrons. The molecule has 0 bridgehead atoms. The molecular formula is C19H27O2P. The Morgan fingerprint density at radius 1 is 0.818 bits per heavy atom. The smallest absolute Gasteiger partial charge is 0.335 e. The van der Waals surface area contributed by atoms with Crippen LogP contribution in [-0.4, -0.2) is 22.4 Å². The normalized spacial score (nSPS) is 21.1. The predicted octanol–water partition coefficient (Wildman–Crippen LogP) is 5.16. The Morgan fingerprint density at radius 3 is 1.68 bits per heavy atom. The Bertz CT molecular complexity index is 467. The van der Waals surface area contributed by atoms with Crippen molar-refractivity contribution in [1.82, 2.24) is 0 Å². The summed E-state index contributed by atoms with van der Waals surface area (Å²) in [4.78, 5) is 11.1. The van der Waals surface area contributed by atoms with Crippen molar-refractivity contribution in [1.29, 1.82) is 0 Å². The summed E-state index contributed by atoms with van der Waals surface area (Å²) in [5.74, 6) is -0.814. The molecule has 2 aliphatic rings. The van der Waals surface area contributed by atoms with E-state index >= 15 is 0 Å². The summed E-state index contributed by atoms with van der Waals surface area (Å²) in [7, 11) is -0.117. The molecule has 2 fully saturated rings. The van der Waals surface area contributed by atoms with Gasteiger partial charge in [0.05, 0.1) is 5.56 Å². The van der Waals surface area contributed by atoms with Crippen LogP contribution in [0.25, 0.3) is 0 Å². The second-order valence-corrected chi connectivity index (χ2v) is 9.63. The Balaban J connectivity index is 1.84. The number of hydrogen-bond acceptors (Lipinski definition) is 1. The first kappa shape index (κ1) is 16.0. The minimum Gasteiger partial charge on any atom is -0.478 e. The van der Waals surface area contributed by atoms with Gasteiger partial charge in [-0.15, -0.1) is 0 Å². The molecule has 0 heterocycles. The highest BCUT2D eigenvalue weighted by Crippen LogP contribution is 2.54. The molecule has 2 aliphatic carbocycles. The van der Waals surface area contributed by atoms with Crippen molar-refractivity contribution in [2.75, 3.05) is 0 Å². The van der Waals surface area contributed by atoms with Gasteiger partial charge in [-0.05, 0) is 54.4 Å². The number of hydrogen-bond donors (Lipinski definition) is 1. The second kappa shape index (κ2) is 7.59. The Morgan fingerprint density at radius 2 is 1.27 bits per heavy atom. The highest BCUT2D eigenvalue weighted by molar-refractivity contribution is 7.67. The van der Waals surface area contributed by atoms with E-state index in [2.05, 4.69) is 12.1 Å². The highest BCUT2D eigenvalue weighted by atomic mass is 31.1. The lowest BCUT2D eigenvalue weighted by molar-refractivity contribution is 0.0697. The average molecular weight is 318 g/mol. The fourth-order valence-corrected chi connectivity index (χ4v) is 7.99. The maximum atomic E-state index is 11.1. The molecule has 3 heteroatoms. The van der Waals surface area contributed by atoms with Gasteiger partial charge in [0.1, 0.15) is 0 Å². The lowest BCUT2D eigenvalue weighted by Crippen LogP contribution is -2.26. The lowest BCUT2D eigenvalue weighted by atomic mass is 9.99. The zero-order valence-corrected chi connectivity index (χ0v) is 14.2.